The third-order valence-corrected chi connectivity index (χ3v) is 2.83. The first-order valence-electron chi connectivity index (χ1n) is 4.88. The summed E-state index contributed by atoms with van der Waals surface area (Å²) in [6.45, 7) is 7.99. The predicted molar refractivity (Wildman–Crippen MR) is 53.2 cm³/mol. The van der Waals surface area contributed by atoms with Crippen LogP contribution >= 0.6 is 0 Å². The average Bonchev–Trinajstić information content (AvgIpc) is 2.23. The summed E-state index contributed by atoms with van der Waals surface area (Å²) in [4.78, 5) is 12.3. The van der Waals surface area contributed by atoms with Gasteiger partial charge in [0.25, 0.3) is 0 Å². The van der Waals surface area contributed by atoms with Gasteiger partial charge in [-0.2, -0.15) is 0 Å². The molecule has 2 atom stereocenters. The Kier molecular flexibility index (Phi) is 2.52. The van der Waals surface area contributed by atoms with Gasteiger partial charge in [-0.1, -0.05) is 20.8 Å². The Balaban J connectivity index is 2.99. The van der Waals surface area contributed by atoms with E-state index in [0.717, 1.165) is 0 Å². The zero-order valence-corrected chi connectivity index (χ0v) is 9.24. The van der Waals surface area contributed by atoms with E-state index in [1.165, 1.54) is 4.90 Å². The molecule has 1 fully saturated rings. The molecule has 14 heavy (non-hydrogen) atoms. The summed E-state index contributed by atoms with van der Waals surface area (Å²) in [6, 6.07) is -0.326. The summed E-state index contributed by atoms with van der Waals surface area (Å²) >= 11 is 0. The molecule has 0 aromatic rings. The van der Waals surface area contributed by atoms with Gasteiger partial charge in [-0.3, -0.25) is 0 Å². The largest absolute Gasteiger partial charge is 0.465 e. The molecule has 0 aliphatic carbocycles. The number of aliphatic hydroxyl groups is 1. The average molecular weight is 201 g/mol. The van der Waals surface area contributed by atoms with Crippen LogP contribution in [0.3, 0.4) is 0 Å². The molecular formula is C10H19NO3. The van der Waals surface area contributed by atoms with Crippen LogP contribution in [0, 0.1) is 5.41 Å². The minimum absolute atomic E-state index is 0.238. The number of amides is 1. The Morgan fingerprint density at radius 1 is 1.50 bits per heavy atom. The van der Waals surface area contributed by atoms with Crippen molar-refractivity contribution in [2.45, 2.75) is 45.8 Å². The molecule has 0 aromatic heterocycles. The van der Waals surface area contributed by atoms with Crippen molar-refractivity contribution in [1.82, 2.24) is 4.90 Å². The second kappa shape index (κ2) is 3.12. The topological polar surface area (TPSA) is 60.8 Å². The first-order valence-corrected chi connectivity index (χ1v) is 4.88. The predicted octanol–water partition coefficient (Wildman–Crippen LogP) is 1.54. The van der Waals surface area contributed by atoms with E-state index in [9.17, 15) is 9.90 Å². The number of rotatable bonds is 0. The summed E-state index contributed by atoms with van der Waals surface area (Å²) in [7, 11) is 0. The van der Waals surface area contributed by atoms with Crippen molar-refractivity contribution in [3.05, 3.63) is 0 Å². The summed E-state index contributed by atoms with van der Waals surface area (Å²) in [6.07, 6.45) is -0.427. The molecule has 0 spiro atoms. The smallest absolute Gasteiger partial charge is 0.407 e. The molecule has 1 rings (SSSR count). The van der Waals surface area contributed by atoms with Crippen LogP contribution in [0.2, 0.25) is 0 Å². The highest BCUT2D eigenvalue weighted by Crippen LogP contribution is 2.39. The molecule has 1 aliphatic heterocycles. The first kappa shape index (κ1) is 11.3. The third-order valence-electron chi connectivity index (χ3n) is 2.83. The van der Waals surface area contributed by atoms with Gasteiger partial charge in [0.15, 0.2) is 0 Å². The number of likely N-dealkylation sites (tertiary alicyclic amines) is 1. The zero-order chi connectivity index (χ0) is 11.1. The SMILES string of the molecule is CC(C)(C)C1N(C(=O)O)CCC1(C)O. The summed E-state index contributed by atoms with van der Waals surface area (Å²) < 4.78 is 0. The molecule has 1 amide bonds. The van der Waals surface area contributed by atoms with E-state index in [2.05, 4.69) is 0 Å². The molecule has 4 heteroatoms. The molecule has 1 saturated heterocycles. The Hall–Kier alpha value is -0.770. The van der Waals surface area contributed by atoms with Crippen molar-refractivity contribution >= 4 is 6.09 Å². The fourth-order valence-electron chi connectivity index (χ4n) is 2.55. The van der Waals surface area contributed by atoms with Crippen LogP contribution in [0.4, 0.5) is 4.79 Å². The van der Waals surface area contributed by atoms with Crippen LogP contribution in [-0.2, 0) is 0 Å². The maximum Gasteiger partial charge on any atom is 0.407 e. The van der Waals surface area contributed by atoms with Crippen molar-refractivity contribution in [2.24, 2.45) is 5.41 Å². The van der Waals surface area contributed by atoms with Gasteiger partial charge in [0.05, 0.1) is 11.6 Å². The monoisotopic (exact) mass is 201 g/mol. The van der Waals surface area contributed by atoms with Crippen LogP contribution in [0.5, 0.6) is 0 Å². The fourth-order valence-corrected chi connectivity index (χ4v) is 2.55. The van der Waals surface area contributed by atoms with Gasteiger partial charge in [0.1, 0.15) is 0 Å². The maximum absolute atomic E-state index is 11.0. The Labute approximate surface area is 84.5 Å². The fraction of sp³-hybridized carbons (Fsp3) is 0.900. The molecule has 0 saturated carbocycles. The lowest BCUT2D eigenvalue weighted by atomic mass is 9.78. The van der Waals surface area contributed by atoms with Gasteiger partial charge in [-0.05, 0) is 18.8 Å². The molecule has 4 nitrogen and oxygen atoms in total. The van der Waals surface area contributed by atoms with Crippen LogP contribution < -0.4 is 0 Å². The maximum atomic E-state index is 11.0. The van der Waals surface area contributed by atoms with E-state index >= 15 is 0 Å². The van der Waals surface area contributed by atoms with E-state index < -0.39 is 11.7 Å². The normalized spacial score (nSPS) is 33.5. The van der Waals surface area contributed by atoms with Crippen molar-refractivity contribution < 1.29 is 15.0 Å². The summed E-state index contributed by atoms with van der Waals surface area (Å²) in [5, 5.41) is 19.1. The minimum Gasteiger partial charge on any atom is -0.465 e. The highest BCUT2D eigenvalue weighted by molar-refractivity contribution is 5.66. The second-order valence-electron chi connectivity index (χ2n) is 5.35. The second-order valence-corrected chi connectivity index (χ2v) is 5.35. The van der Waals surface area contributed by atoms with Crippen molar-refractivity contribution in [3.8, 4) is 0 Å². The molecule has 1 heterocycles. The van der Waals surface area contributed by atoms with Gasteiger partial charge >= 0.3 is 6.09 Å². The Morgan fingerprint density at radius 2 is 2.00 bits per heavy atom. The van der Waals surface area contributed by atoms with Crippen molar-refractivity contribution in [1.29, 1.82) is 0 Å². The van der Waals surface area contributed by atoms with Gasteiger partial charge in [-0.15, -0.1) is 0 Å². The molecule has 0 aromatic carbocycles. The molecule has 82 valence electrons. The minimum atomic E-state index is -0.942. The van der Waals surface area contributed by atoms with Crippen LogP contribution in [-0.4, -0.2) is 39.4 Å². The lowest BCUT2D eigenvalue weighted by Crippen LogP contribution is -2.52. The molecular weight excluding hydrogens is 182 g/mol. The number of carboxylic acid groups (broad SMARTS) is 1. The van der Waals surface area contributed by atoms with Gasteiger partial charge in [0, 0.05) is 6.54 Å². The van der Waals surface area contributed by atoms with E-state index in [0.29, 0.717) is 13.0 Å². The molecule has 1 aliphatic rings. The number of hydrogen-bond donors (Lipinski definition) is 2. The van der Waals surface area contributed by atoms with E-state index in [1.807, 2.05) is 20.8 Å². The Bertz CT molecular complexity index is 242. The van der Waals surface area contributed by atoms with Gasteiger partial charge in [-0.25, -0.2) is 4.79 Å². The van der Waals surface area contributed by atoms with E-state index in [4.69, 9.17) is 5.11 Å². The lowest BCUT2D eigenvalue weighted by molar-refractivity contribution is -0.0229. The standard InChI is InChI=1S/C10H19NO3/c1-9(2,3)7-10(4,14)5-6-11(7)8(12)13/h7,14H,5-6H2,1-4H3,(H,12,13). The number of nitrogens with zero attached hydrogens (tertiary/aromatic N) is 1. The quantitative estimate of drug-likeness (QED) is 0.625. The van der Waals surface area contributed by atoms with Crippen molar-refractivity contribution in [2.75, 3.05) is 6.54 Å². The highest BCUT2D eigenvalue weighted by atomic mass is 16.4. The molecule has 2 N–H and O–H groups in total. The summed E-state index contributed by atoms with van der Waals surface area (Å²) in [5.41, 5.74) is -1.14. The van der Waals surface area contributed by atoms with Gasteiger partial charge < -0.3 is 15.1 Å². The first-order chi connectivity index (χ1) is 6.16. The van der Waals surface area contributed by atoms with E-state index in [1.54, 1.807) is 6.92 Å². The molecule has 2 unspecified atom stereocenters. The molecule has 0 radical (unpaired) electrons. The van der Waals surface area contributed by atoms with Crippen molar-refractivity contribution in [3.63, 3.8) is 0 Å². The van der Waals surface area contributed by atoms with Crippen LogP contribution in [0.15, 0.2) is 0 Å². The lowest BCUT2D eigenvalue weighted by Gasteiger charge is -2.39. The number of carbonyl (C=O) groups is 1. The molecule has 0 bridgehead atoms. The Morgan fingerprint density at radius 3 is 2.29 bits per heavy atom. The third kappa shape index (κ3) is 1.85. The van der Waals surface area contributed by atoms with E-state index in [-0.39, 0.29) is 11.5 Å². The highest BCUT2D eigenvalue weighted by Gasteiger charge is 2.50. The zero-order valence-electron chi connectivity index (χ0n) is 9.24. The number of hydrogen-bond acceptors (Lipinski definition) is 2. The summed E-state index contributed by atoms with van der Waals surface area (Å²) in [5.74, 6) is 0. The van der Waals surface area contributed by atoms with Crippen LogP contribution in [0.1, 0.15) is 34.1 Å². The van der Waals surface area contributed by atoms with Crippen LogP contribution in [0.25, 0.3) is 0 Å². The van der Waals surface area contributed by atoms with Gasteiger partial charge in [0.2, 0.25) is 0 Å².